The fourth-order valence-corrected chi connectivity index (χ4v) is 2.15. The Bertz CT molecular complexity index is 485. The third-order valence-corrected chi connectivity index (χ3v) is 3.22. The minimum absolute atomic E-state index is 0.0158. The highest BCUT2D eigenvalue weighted by molar-refractivity contribution is 9.10. The van der Waals surface area contributed by atoms with Gasteiger partial charge < -0.3 is 14.6 Å². The molecule has 1 N–H and O–H groups in total. The summed E-state index contributed by atoms with van der Waals surface area (Å²) in [5.74, 6) is -0.122. The molecule has 0 saturated carbocycles. The van der Waals surface area contributed by atoms with Crippen LogP contribution < -0.4 is 5.56 Å². The molecule has 0 aliphatic heterocycles. The number of aliphatic hydroxyl groups is 1. The first-order valence-corrected chi connectivity index (χ1v) is 7.01. The molecule has 106 valence electrons. The van der Waals surface area contributed by atoms with E-state index < -0.39 is 0 Å². The Kier molecular flexibility index (Phi) is 6.24. The average molecular weight is 331 g/mol. The standard InChI is InChI=1S/C13H19BrN2O3/c1-10(2)16(6-3-7-17)13(19)9-15-8-11(14)4-5-12(15)18/h4-5,8,10,17H,3,6-7,9H2,1-2H3. The molecule has 1 amide bonds. The van der Waals surface area contributed by atoms with Gasteiger partial charge in [-0.25, -0.2) is 0 Å². The average Bonchev–Trinajstić information content (AvgIpc) is 2.34. The highest BCUT2D eigenvalue weighted by atomic mass is 79.9. The molecule has 0 unspecified atom stereocenters. The van der Waals surface area contributed by atoms with Gasteiger partial charge in [-0.05, 0) is 42.3 Å². The summed E-state index contributed by atoms with van der Waals surface area (Å²) in [5.41, 5.74) is -0.206. The summed E-state index contributed by atoms with van der Waals surface area (Å²) in [4.78, 5) is 25.5. The van der Waals surface area contributed by atoms with Crippen LogP contribution in [0.2, 0.25) is 0 Å². The van der Waals surface area contributed by atoms with Crippen LogP contribution in [0, 0.1) is 0 Å². The number of amides is 1. The van der Waals surface area contributed by atoms with Crippen LogP contribution in [0.4, 0.5) is 0 Å². The molecule has 0 aromatic carbocycles. The van der Waals surface area contributed by atoms with Crippen LogP contribution in [0.3, 0.4) is 0 Å². The number of hydrogen-bond acceptors (Lipinski definition) is 3. The van der Waals surface area contributed by atoms with Gasteiger partial charge in [-0.2, -0.15) is 0 Å². The van der Waals surface area contributed by atoms with E-state index in [9.17, 15) is 9.59 Å². The number of halogens is 1. The predicted molar refractivity (Wildman–Crippen MR) is 77.0 cm³/mol. The molecule has 1 aromatic heterocycles. The molecule has 1 aromatic rings. The summed E-state index contributed by atoms with van der Waals surface area (Å²) in [6, 6.07) is 3.11. The molecular formula is C13H19BrN2O3. The number of rotatable bonds is 6. The van der Waals surface area contributed by atoms with Crippen molar-refractivity contribution in [3.05, 3.63) is 33.2 Å². The van der Waals surface area contributed by atoms with E-state index in [4.69, 9.17) is 5.11 Å². The molecule has 0 atom stereocenters. The first-order chi connectivity index (χ1) is 8.95. The maximum absolute atomic E-state index is 12.2. The molecule has 0 fully saturated rings. The monoisotopic (exact) mass is 330 g/mol. The van der Waals surface area contributed by atoms with Gasteiger partial charge in [0.05, 0.1) is 0 Å². The van der Waals surface area contributed by atoms with Gasteiger partial charge >= 0.3 is 0 Å². The lowest BCUT2D eigenvalue weighted by Gasteiger charge is -2.26. The lowest BCUT2D eigenvalue weighted by molar-refractivity contribution is -0.133. The van der Waals surface area contributed by atoms with E-state index >= 15 is 0 Å². The zero-order valence-electron chi connectivity index (χ0n) is 11.2. The predicted octanol–water partition coefficient (Wildman–Crippen LogP) is 1.23. The zero-order chi connectivity index (χ0) is 14.4. The topological polar surface area (TPSA) is 62.5 Å². The Balaban J connectivity index is 2.81. The second-order valence-electron chi connectivity index (χ2n) is 4.57. The van der Waals surface area contributed by atoms with Crippen molar-refractivity contribution in [2.75, 3.05) is 13.2 Å². The van der Waals surface area contributed by atoms with E-state index in [1.54, 1.807) is 17.2 Å². The molecule has 0 bridgehead atoms. The van der Waals surface area contributed by atoms with E-state index in [0.29, 0.717) is 13.0 Å². The third-order valence-electron chi connectivity index (χ3n) is 2.75. The molecule has 1 heterocycles. The normalized spacial score (nSPS) is 10.8. The van der Waals surface area contributed by atoms with Crippen molar-refractivity contribution in [1.29, 1.82) is 0 Å². The highest BCUT2D eigenvalue weighted by Crippen LogP contribution is 2.06. The van der Waals surface area contributed by atoms with Gasteiger partial charge in [0.2, 0.25) is 5.91 Å². The second-order valence-corrected chi connectivity index (χ2v) is 5.49. The van der Waals surface area contributed by atoms with Crippen molar-refractivity contribution in [3.63, 3.8) is 0 Å². The number of carbonyl (C=O) groups is 1. The maximum Gasteiger partial charge on any atom is 0.251 e. The molecule has 5 nitrogen and oxygen atoms in total. The van der Waals surface area contributed by atoms with E-state index in [0.717, 1.165) is 4.47 Å². The third kappa shape index (κ3) is 4.80. The van der Waals surface area contributed by atoms with Crippen LogP contribution in [0.1, 0.15) is 20.3 Å². The van der Waals surface area contributed by atoms with Gasteiger partial charge in [0.1, 0.15) is 6.54 Å². The minimum Gasteiger partial charge on any atom is -0.396 e. The summed E-state index contributed by atoms with van der Waals surface area (Å²) >= 11 is 3.28. The minimum atomic E-state index is -0.206. The van der Waals surface area contributed by atoms with Gasteiger partial charge in [-0.15, -0.1) is 0 Å². The Morgan fingerprint density at radius 3 is 2.74 bits per heavy atom. The summed E-state index contributed by atoms with van der Waals surface area (Å²) < 4.78 is 2.13. The molecule has 6 heteroatoms. The van der Waals surface area contributed by atoms with E-state index in [2.05, 4.69) is 15.9 Å². The summed E-state index contributed by atoms with van der Waals surface area (Å²) in [7, 11) is 0. The molecule has 0 saturated heterocycles. The molecule has 0 spiro atoms. The largest absolute Gasteiger partial charge is 0.396 e. The molecular weight excluding hydrogens is 312 g/mol. The maximum atomic E-state index is 12.2. The van der Waals surface area contributed by atoms with Crippen molar-refractivity contribution in [1.82, 2.24) is 9.47 Å². The molecule has 0 aliphatic carbocycles. The van der Waals surface area contributed by atoms with Crippen molar-refractivity contribution in [2.45, 2.75) is 32.9 Å². The van der Waals surface area contributed by atoms with Gasteiger partial charge in [-0.3, -0.25) is 9.59 Å². The molecule has 0 aliphatic rings. The zero-order valence-corrected chi connectivity index (χ0v) is 12.8. The second kappa shape index (κ2) is 7.45. The van der Waals surface area contributed by atoms with Gasteiger partial charge in [-0.1, -0.05) is 0 Å². The van der Waals surface area contributed by atoms with Gasteiger partial charge in [0, 0.05) is 35.9 Å². The van der Waals surface area contributed by atoms with Crippen LogP contribution >= 0.6 is 15.9 Å². The van der Waals surface area contributed by atoms with Crippen LogP contribution in [-0.2, 0) is 11.3 Å². The van der Waals surface area contributed by atoms with Crippen molar-refractivity contribution >= 4 is 21.8 Å². The Morgan fingerprint density at radius 1 is 1.47 bits per heavy atom. The van der Waals surface area contributed by atoms with Crippen LogP contribution in [0.15, 0.2) is 27.6 Å². The van der Waals surface area contributed by atoms with Crippen LogP contribution in [0.25, 0.3) is 0 Å². The fourth-order valence-electron chi connectivity index (χ4n) is 1.77. The van der Waals surface area contributed by atoms with E-state index in [1.165, 1.54) is 10.6 Å². The lowest BCUT2D eigenvalue weighted by atomic mass is 10.2. The summed E-state index contributed by atoms with van der Waals surface area (Å²) in [6.45, 7) is 4.39. The Hall–Kier alpha value is -1.14. The smallest absolute Gasteiger partial charge is 0.251 e. The lowest BCUT2D eigenvalue weighted by Crippen LogP contribution is -2.41. The molecule has 19 heavy (non-hydrogen) atoms. The molecule has 0 radical (unpaired) electrons. The van der Waals surface area contributed by atoms with Crippen LogP contribution in [-0.4, -0.2) is 39.7 Å². The van der Waals surface area contributed by atoms with E-state index in [1.807, 2.05) is 13.8 Å². The first-order valence-electron chi connectivity index (χ1n) is 6.22. The number of pyridine rings is 1. The Labute approximate surface area is 121 Å². The van der Waals surface area contributed by atoms with Crippen molar-refractivity contribution < 1.29 is 9.90 Å². The van der Waals surface area contributed by atoms with Crippen LogP contribution in [0.5, 0.6) is 0 Å². The first kappa shape index (κ1) is 15.9. The number of carbonyl (C=O) groups excluding carboxylic acids is 1. The number of aliphatic hydroxyl groups excluding tert-OH is 1. The Morgan fingerprint density at radius 2 is 2.16 bits per heavy atom. The number of aromatic nitrogens is 1. The SMILES string of the molecule is CC(C)N(CCCO)C(=O)Cn1cc(Br)ccc1=O. The van der Waals surface area contributed by atoms with E-state index in [-0.39, 0.29) is 30.7 Å². The number of hydrogen-bond donors (Lipinski definition) is 1. The van der Waals surface area contributed by atoms with Crippen molar-refractivity contribution in [3.8, 4) is 0 Å². The quantitative estimate of drug-likeness (QED) is 0.853. The number of nitrogens with zero attached hydrogens (tertiary/aromatic N) is 2. The summed E-state index contributed by atoms with van der Waals surface area (Å²) in [5, 5.41) is 8.85. The molecule has 1 rings (SSSR count). The van der Waals surface area contributed by atoms with Gasteiger partial charge in [0.15, 0.2) is 0 Å². The van der Waals surface area contributed by atoms with Gasteiger partial charge in [0.25, 0.3) is 5.56 Å². The van der Waals surface area contributed by atoms with Crippen molar-refractivity contribution in [2.24, 2.45) is 0 Å². The summed E-state index contributed by atoms with van der Waals surface area (Å²) in [6.07, 6.45) is 2.14. The fraction of sp³-hybridized carbons (Fsp3) is 0.538. The highest BCUT2D eigenvalue weighted by Gasteiger charge is 2.17.